The molecular formula is C12H15NO3. The Labute approximate surface area is 94.1 Å². The normalized spacial score (nSPS) is 16.2. The number of aryl methyl sites for hydroxylation is 1. The van der Waals surface area contributed by atoms with Gasteiger partial charge in [0.2, 0.25) is 0 Å². The van der Waals surface area contributed by atoms with Crippen LogP contribution >= 0.6 is 0 Å². The first-order chi connectivity index (χ1) is 7.72. The van der Waals surface area contributed by atoms with Crippen molar-refractivity contribution in [1.82, 2.24) is 0 Å². The van der Waals surface area contributed by atoms with Crippen molar-refractivity contribution in [2.24, 2.45) is 0 Å². The van der Waals surface area contributed by atoms with Crippen LogP contribution in [-0.4, -0.2) is 26.3 Å². The minimum absolute atomic E-state index is 0.0414. The number of morpholine rings is 1. The number of hydrogen-bond donors (Lipinski definition) is 0. The fourth-order valence-corrected chi connectivity index (χ4v) is 1.79. The van der Waals surface area contributed by atoms with Gasteiger partial charge in [0.1, 0.15) is 5.76 Å². The summed E-state index contributed by atoms with van der Waals surface area (Å²) in [6, 6.07) is 1.52. The van der Waals surface area contributed by atoms with Crippen LogP contribution < -0.4 is 10.3 Å². The van der Waals surface area contributed by atoms with E-state index in [2.05, 4.69) is 6.58 Å². The van der Waals surface area contributed by atoms with Gasteiger partial charge in [-0.3, -0.25) is 4.79 Å². The lowest BCUT2D eigenvalue weighted by atomic mass is 10.2. The van der Waals surface area contributed by atoms with Gasteiger partial charge >= 0.3 is 0 Å². The Morgan fingerprint density at radius 3 is 2.69 bits per heavy atom. The lowest BCUT2D eigenvalue weighted by Crippen LogP contribution is -2.36. The molecule has 1 aromatic rings. The molecular weight excluding hydrogens is 206 g/mol. The van der Waals surface area contributed by atoms with E-state index in [1.165, 1.54) is 12.1 Å². The summed E-state index contributed by atoms with van der Waals surface area (Å²) in [6.45, 7) is 8.25. The van der Waals surface area contributed by atoms with E-state index in [-0.39, 0.29) is 5.43 Å². The lowest BCUT2D eigenvalue weighted by Gasteiger charge is -2.27. The highest BCUT2D eigenvalue weighted by molar-refractivity contribution is 5.51. The molecule has 86 valence electrons. The molecule has 0 aromatic carbocycles. The lowest BCUT2D eigenvalue weighted by molar-refractivity contribution is 0.120. The molecule has 0 atom stereocenters. The molecule has 16 heavy (non-hydrogen) atoms. The predicted octanol–water partition coefficient (Wildman–Crippen LogP) is 1.43. The van der Waals surface area contributed by atoms with Crippen molar-refractivity contribution < 1.29 is 9.15 Å². The van der Waals surface area contributed by atoms with Gasteiger partial charge in [-0.25, -0.2) is 0 Å². The Balaban J connectivity index is 2.35. The van der Waals surface area contributed by atoms with Crippen molar-refractivity contribution in [3.8, 4) is 0 Å². The smallest absolute Gasteiger partial charge is 0.199 e. The van der Waals surface area contributed by atoms with Crippen LogP contribution in [0.4, 0.5) is 5.88 Å². The summed E-state index contributed by atoms with van der Waals surface area (Å²) < 4.78 is 10.9. The molecule has 1 saturated heterocycles. The summed E-state index contributed by atoms with van der Waals surface area (Å²) in [5, 5.41) is 0. The molecule has 4 nitrogen and oxygen atoms in total. The standard InChI is InChI=1S/C12H15NO3/c1-3-10-9(2)16-12(8-11(10)14)13-4-6-15-7-5-13/h3,8H,1,4-7H2,2H3. The maximum absolute atomic E-state index is 11.7. The Bertz CT molecular complexity index is 444. The third-order valence-corrected chi connectivity index (χ3v) is 2.68. The molecule has 2 rings (SSSR count). The first-order valence-electron chi connectivity index (χ1n) is 5.32. The second kappa shape index (κ2) is 4.53. The first-order valence-corrected chi connectivity index (χ1v) is 5.32. The molecule has 4 heteroatoms. The average molecular weight is 221 g/mol. The van der Waals surface area contributed by atoms with Crippen LogP contribution in [0.15, 0.2) is 21.9 Å². The molecule has 1 fully saturated rings. The van der Waals surface area contributed by atoms with E-state index in [9.17, 15) is 4.79 Å². The molecule has 0 aliphatic carbocycles. The molecule has 0 amide bonds. The number of anilines is 1. The fourth-order valence-electron chi connectivity index (χ4n) is 1.79. The van der Waals surface area contributed by atoms with Gasteiger partial charge in [-0.15, -0.1) is 0 Å². The molecule has 0 bridgehead atoms. The van der Waals surface area contributed by atoms with Crippen LogP contribution in [0.25, 0.3) is 6.08 Å². The largest absolute Gasteiger partial charge is 0.445 e. The first kappa shape index (κ1) is 11.0. The van der Waals surface area contributed by atoms with Crippen molar-refractivity contribution in [3.63, 3.8) is 0 Å². The second-order valence-electron chi connectivity index (χ2n) is 3.72. The number of rotatable bonds is 2. The molecule has 0 saturated carbocycles. The van der Waals surface area contributed by atoms with Gasteiger partial charge in [0, 0.05) is 19.2 Å². The van der Waals surface area contributed by atoms with E-state index in [1.807, 2.05) is 4.90 Å². The molecule has 0 unspecified atom stereocenters. The van der Waals surface area contributed by atoms with Gasteiger partial charge in [0.05, 0.1) is 18.8 Å². The summed E-state index contributed by atoms with van der Waals surface area (Å²) in [7, 11) is 0. The molecule has 2 heterocycles. The summed E-state index contributed by atoms with van der Waals surface area (Å²) in [5.74, 6) is 1.24. The molecule has 1 aromatic heterocycles. The molecule has 0 N–H and O–H groups in total. The minimum Gasteiger partial charge on any atom is -0.445 e. The highest BCUT2D eigenvalue weighted by Gasteiger charge is 2.15. The Hall–Kier alpha value is -1.55. The fraction of sp³-hybridized carbons (Fsp3) is 0.417. The van der Waals surface area contributed by atoms with E-state index >= 15 is 0 Å². The van der Waals surface area contributed by atoms with E-state index in [0.717, 1.165) is 13.1 Å². The highest BCUT2D eigenvalue weighted by Crippen LogP contribution is 2.17. The average Bonchev–Trinajstić information content (AvgIpc) is 2.30. The van der Waals surface area contributed by atoms with Crippen LogP contribution in [0, 0.1) is 6.92 Å². The SMILES string of the molecule is C=Cc1c(C)oc(N2CCOCC2)cc1=O. The van der Waals surface area contributed by atoms with E-state index in [0.29, 0.717) is 30.4 Å². The van der Waals surface area contributed by atoms with Crippen molar-refractivity contribution in [2.75, 3.05) is 31.2 Å². The maximum Gasteiger partial charge on any atom is 0.199 e. The maximum atomic E-state index is 11.7. The van der Waals surface area contributed by atoms with E-state index in [1.54, 1.807) is 6.92 Å². The Morgan fingerprint density at radius 2 is 2.12 bits per heavy atom. The van der Waals surface area contributed by atoms with E-state index in [4.69, 9.17) is 9.15 Å². The summed E-state index contributed by atoms with van der Waals surface area (Å²) in [4.78, 5) is 13.8. The summed E-state index contributed by atoms with van der Waals surface area (Å²) in [5.41, 5.74) is 0.497. The molecule has 1 aliphatic rings. The Kier molecular flexibility index (Phi) is 3.10. The van der Waals surface area contributed by atoms with Gasteiger partial charge in [-0.05, 0) is 6.92 Å². The van der Waals surface area contributed by atoms with Gasteiger partial charge in [-0.2, -0.15) is 0 Å². The van der Waals surface area contributed by atoms with Gasteiger partial charge < -0.3 is 14.1 Å². The van der Waals surface area contributed by atoms with Gasteiger partial charge in [0.25, 0.3) is 0 Å². The zero-order valence-electron chi connectivity index (χ0n) is 9.36. The van der Waals surface area contributed by atoms with Crippen LogP contribution in [0.2, 0.25) is 0 Å². The zero-order valence-corrected chi connectivity index (χ0v) is 9.36. The second-order valence-corrected chi connectivity index (χ2v) is 3.72. The predicted molar refractivity (Wildman–Crippen MR) is 62.8 cm³/mol. The quantitative estimate of drug-likeness (QED) is 0.757. The third-order valence-electron chi connectivity index (χ3n) is 2.68. The number of nitrogens with zero attached hydrogens (tertiary/aromatic N) is 1. The summed E-state index contributed by atoms with van der Waals surface area (Å²) >= 11 is 0. The Morgan fingerprint density at radius 1 is 1.44 bits per heavy atom. The summed E-state index contributed by atoms with van der Waals surface area (Å²) in [6.07, 6.45) is 1.53. The van der Waals surface area contributed by atoms with Crippen molar-refractivity contribution in [3.05, 3.63) is 34.2 Å². The van der Waals surface area contributed by atoms with Crippen LogP contribution in [-0.2, 0) is 4.74 Å². The topological polar surface area (TPSA) is 42.7 Å². The monoisotopic (exact) mass is 221 g/mol. The highest BCUT2D eigenvalue weighted by atomic mass is 16.5. The van der Waals surface area contributed by atoms with Crippen molar-refractivity contribution in [1.29, 1.82) is 0 Å². The van der Waals surface area contributed by atoms with Gasteiger partial charge in [0.15, 0.2) is 11.3 Å². The van der Waals surface area contributed by atoms with E-state index < -0.39 is 0 Å². The number of ether oxygens (including phenoxy) is 1. The number of hydrogen-bond acceptors (Lipinski definition) is 4. The zero-order chi connectivity index (χ0) is 11.5. The van der Waals surface area contributed by atoms with Crippen LogP contribution in [0.3, 0.4) is 0 Å². The molecule has 0 spiro atoms. The van der Waals surface area contributed by atoms with Gasteiger partial charge in [-0.1, -0.05) is 12.7 Å². The minimum atomic E-state index is -0.0414. The molecule has 0 radical (unpaired) electrons. The van der Waals surface area contributed by atoms with Crippen molar-refractivity contribution in [2.45, 2.75) is 6.92 Å². The van der Waals surface area contributed by atoms with Crippen LogP contribution in [0.5, 0.6) is 0 Å². The van der Waals surface area contributed by atoms with Crippen LogP contribution in [0.1, 0.15) is 11.3 Å². The molecule has 1 aliphatic heterocycles. The van der Waals surface area contributed by atoms with Crippen molar-refractivity contribution >= 4 is 12.0 Å². The third kappa shape index (κ3) is 2.02.